The van der Waals surface area contributed by atoms with E-state index >= 15 is 0 Å². The molecule has 0 aliphatic rings. The molecule has 17 heavy (non-hydrogen) atoms. The molecule has 0 spiro atoms. The predicted octanol–water partition coefficient (Wildman–Crippen LogP) is 2.44. The maximum absolute atomic E-state index is 11.5. The predicted molar refractivity (Wildman–Crippen MR) is 72.2 cm³/mol. The minimum Gasteiger partial charge on any atom is -0.465 e. The molecule has 4 heteroatoms. The number of hydrogen-bond acceptors (Lipinski definition) is 4. The first-order valence-electron chi connectivity index (χ1n) is 5.64. The van der Waals surface area contributed by atoms with Gasteiger partial charge in [-0.15, -0.1) is 0 Å². The van der Waals surface area contributed by atoms with E-state index < -0.39 is 0 Å². The van der Waals surface area contributed by atoms with Crippen molar-refractivity contribution in [2.45, 2.75) is 25.1 Å². The highest BCUT2D eigenvalue weighted by atomic mass is 32.2. The van der Waals surface area contributed by atoms with Crippen molar-refractivity contribution in [3.05, 3.63) is 35.4 Å². The number of carbonyl (C=O) groups excluding carboxylic acids is 1. The molecule has 0 saturated carbocycles. The molecule has 3 nitrogen and oxygen atoms in total. The average molecular weight is 253 g/mol. The lowest BCUT2D eigenvalue weighted by atomic mass is 10.1. The second-order valence-electron chi connectivity index (χ2n) is 3.97. The van der Waals surface area contributed by atoms with Crippen molar-refractivity contribution in [3.8, 4) is 0 Å². The molecule has 1 unspecified atom stereocenters. The van der Waals surface area contributed by atoms with Crippen LogP contribution in [0.3, 0.4) is 0 Å². The van der Waals surface area contributed by atoms with Gasteiger partial charge in [0, 0.05) is 11.8 Å². The molecule has 0 heterocycles. The highest BCUT2D eigenvalue weighted by molar-refractivity contribution is 7.98. The normalized spacial score (nSPS) is 12.2. The summed E-state index contributed by atoms with van der Waals surface area (Å²) in [5.41, 5.74) is 7.36. The minimum absolute atomic E-state index is 0.235. The number of benzene rings is 1. The van der Waals surface area contributed by atoms with E-state index in [9.17, 15) is 4.79 Å². The van der Waals surface area contributed by atoms with Crippen LogP contribution in [0.5, 0.6) is 0 Å². The molecule has 0 amide bonds. The van der Waals surface area contributed by atoms with Gasteiger partial charge >= 0.3 is 5.97 Å². The summed E-state index contributed by atoms with van der Waals surface area (Å²) in [6.07, 6.45) is 0.991. The first-order valence-corrected chi connectivity index (χ1v) is 6.80. The van der Waals surface area contributed by atoms with Crippen molar-refractivity contribution in [2.75, 3.05) is 12.9 Å². The molecule has 94 valence electrons. The minimum atomic E-state index is -0.270. The van der Waals surface area contributed by atoms with Gasteiger partial charge in [0.15, 0.2) is 0 Å². The Morgan fingerprint density at radius 1 is 1.47 bits per heavy atom. The Balaban J connectivity index is 2.55. The Labute approximate surface area is 107 Å². The van der Waals surface area contributed by atoms with Crippen LogP contribution in [0.4, 0.5) is 0 Å². The molecule has 2 N–H and O–H groups in total. The van der Waals surface area contributed by atoms with E-state index in [1.807, 2.05) is 25.1 Å². The van der Waals surface area contributed by atoms with Gasteiger partial charge in [0.1, 0.15) is 0 Å². The molecular formula is C13H19NO2S. The number of hydrogen-bond donors (Lipinski definition) is 1. The largest absolute Gasteiger partial charge is 0.465 e. The highest BCUT2D eigenvalue weighted by Gasteiger charge is 2.10. The Morgan fingerprint density at radius 2 is 2.18 bits per heavy atom. The van der Waals surface area contributed by atoms with E-state index in [2.05, 4.69) is 0 Å². The maximum Gasteiger partial charge on any atom is 0.338 e. The van der Waals surface area contributed by atoms with Crippen molar-refractivity contribution in [2.24, 2.45) is 5.73 Å². The van der Waals surface area contributed by atoms with Crippen molar-refractivity contribution in [1.82, 2.24) is 0 Å². The molecule has 1 aromatic carbocycles. The number of methoxy groups -OCH3 is 1. The van der Waals surface area contributed by atoms with Crippen LogP contribution in [0, 0.1) is 0 Å². The SMILES string of the molecule is COC(=O)c1ccccc1CSCCC(C)N. The molecule has 0 aliphatic heterocycles. The molecule has 0 bridgehead atoms. The monoisotopic (exact) mass is 253 g/mol. The van der Waals surface area contributed by atoms with Crippen LogP contribution in [-0.2, 0) is 10.5 Å². The van der Waals surface area contributed by atoms with Gasteiger partial charge in [-0.25, -0.2) is 4.79 Å². The quantitative estimate of drug-likeness (QED) is 0.625. The third-order valence-corrected chi connectivity index (χ3v) is 3.44. The summed E-state index contributed by atoms with van der Waals surface area (Å²) in [7, 11) is 1.41. The lowest BCUT2D eigenvalue weighted by Gasteiger charge is -2.08. The van der Waals surface area contributed by atoms with Crippen LogP contribution < -0.4 is 5.73 Å². The standard InChI is InChI=1S/C13H19NO2S/c1-10(14)7-8-17-9-11-5-3-4-6-12(11)13(15)16-2/h3-6,10H,7-9,14H2,1-2H3. The van der Waals surface area contributed by atoms with Gasteiger partial charge in [0.25, 0.3) is 0 Å². The second kappa shape index (κ2) is 7.35. The van der Waals surface area contributed by atoms with Gasteiger partial charge in [-0.1, -0.05) is 18.2 Å². The molecule has 1 rings (SSSR count). The molecule has 0 radical (unpaired) electrons. The zero-order valence-electron chi connectivity index (χ0n) is 10.3. The summed E-state index contributed by atoms with van der Waals surface area (Å²) in [5.74, 6) is 1.55. The van der Waals surface area contributed by atoms with Crippen molar-refractivity contribution in [1.29, 1.82) is 0 Å². The lowest BCUT2D eigenvalue weighted by Crippen LogP contribution is -2.15. The summed E-state index contributed by atoms with van der Waals surface area (Å²) < 4.78 is 4.75. The molecular weight excluding hydrogens is 234 g/mol. The number of nitrogens with two attached hydrogens (primary N) is 1. The third kappa shape index (κ3) is 4.79. The number of carbonyl (C=O) groups is 1. The Morgan fingerprint density at radius 3 is 2.82 bits per heavy atom. The van der Waals surface area contributed by atoms with Gasteiger partial charge in [0.2, 0.25) is 0 Å². The fourth-order valence-electron chi connectivity index (χ4n) is 1.41. The number of ether oxygens (including phenoxy) is 1. The molecule has 0 saturated heterocycles. The summed E-state index contributed by atoms with van der Waals surface area (Å²) in [5, 5.41) is 0. The van der Waals surface area contributed by atoms with E-state index in [1.54, 1.807) is 17.8 Å². The molecule has 0 aromatic heterocycles. The highest BCUT2D eigenvalue weighted by Crippen LogP contribution is 2.18. The van der Waals surface area contributed by atoms with Crippen molar-refractivity contribution < 1.29 is 9.53 Å². The smallest absolute Gasteiger partial charge is 0.338 e. The fraction of sp³-hybridized carbons (Fsp3) is 0.462. The van der Waals surface area contributed by atoms with E-state index in [0.29, 0.717) is 5.56 Å². The fourth-order valence-corrected chi connectivity index (χ4v) is 2.56. The van der Waals surface area contributed by atoms with E-state index in [0.717, 1.165) is 23.5 Å². The van der Waals surface area contributed by atoms with Crippen molar-refractivity contribution >= 4 is 17.7 Å². The van der Waals surface area contributed by atoms with Gasteiger partial charge in [-0.2, -0.15) is 11.8 Å². The Kier molecular flexibility index (Phi) is 6.08. The van der Waals surface area contributed by atoms with Gasteiger partial charge in [-0.05, 0) is 30.7 Å². The van der Waals surface area contributed by atoms with Gasteiger partial charge in [0.05, 0.1) is 12.7 Å². The van der Waals surface area contributed by atoms with E-state index in [1.165, 1.54) is 7.11 Å². The zero-order chi connectivity index (χ0) is 12.7. The third-order valence-electron chi connectivity index (χ3n) is 2.40. The summed E-state index contributed by atoms with van der Waals surface area (Å²) in [6.45, 7) is 2.00. The average Bonchev–Trinajstić information content (AvgIpc) is 2.34. The zero-order valence-corrected chi connectivity index (χ0v) is 11.1. The van der Waals surface area contributed by atoms with Crippen LogP contribution in [0.1, 0.15) is 29.3 Å². The number of rotatable bonds is 6. The topological polar surface area (TPSA) is 52.3 Å². The van der Waals surface area contributed by atoms with Crippen LogP contribution in [-0.4, -0.2) is 24.9 Å². The molecule has 0 fully saturated rings. The summed E-state index contributed by atoms with van der Waals surface area (Å²) >= 11 is 1.79. The van der Waals surface area contributed by atoms with Gasteiger partial charge in [-0.3, -0.25) is 0 Å². The van der Waals surface area contributed by atoms with Crippen LogP contribution in [0.25, 0.3) is 0 Å². The van der Waals surface area contributed by atoms with Crippen LogP contribution in [0.15, 0.2) is 24.3 Å². The summed E-state index contributed by atoms with van der Waals surface area (Å²) in [6, 6.07) is 7.78. The molecule has 0 aliphatic carbocycles. The van der Waals surface area contributed by atoms with Crippen LogP contribution >= 0.6 is 11.8 Å². The van der Waals surface area contributed by atoms with E-state index in [4.69, 9.17) is 10.5 Å². The molecule has 1 atom stereocenters. The first-order chi connectivity index (χ1) is 8.15. The van der Waals surface area contributed by atoms with E-state index in [-0.39, 0.29) is 12.0 Å². The number of esters is 1. The summed E-state index contributed by atoms with van der Waals surface area (Å²) in [4.78, 5) is 11.5. The second-order valence-corrected chi connectivity index (χ2v) is 5.07. The maximum atomic E-state index is 11.5. The van der Waals surface area contributed by atoms with Gasteiger partial charge < -0.3 is 10.5 Å². The Hall–Kier alpha value is -1.00. The number of thioether (sulfide) groups is 1. The first kappa shape index (κ1) is 14.1. The molecule has 1 aromatic rings. The lowest BCUT2D eigenvalue weighted by molar-refractivity contribution is 0.0600. The van der Waals surface area contributed by atoms with Crippen molar-refractivity contribution in [3.63, 3.8) is 0 Å². The van der Waals surface area contributed by atoms with Crippen LogP contribution in [0.2, 0.25) is 0 Å². The Bertz CT molecular complexity index is 366.